The van der Waals surface area contributed by atoms with E-state index >= 15 is 0 Å². The lowest BCUT2D eigenvalue weighted by atomic mass is 9.75. The van der Waals surface area contributed by atoms with Crippen molar-refractivity contribution in [3.8, 4) is 0 Å². The first-order chi connectivity index (χ1) is 10.7. The maximum atomic E-state index is 13.0. The Labute approximate surface area is 130 Å². The monoisotopic (exact) mass is 303 g/mol. The van der Waals surface area contributed by atoms with Crippen LogP contribution in [0.2, 0.25) is 0 Å². The first-order valence-corrected chi connectivity index (χ1v) is 7.75. The fraction of sp³-hybridized carbons (Fsp3) is 0.471. The summed E-state index contributed by atoms with van der Waals surface area (Å²) in [6.07, 6.45) is 6.42. The highest BCUT2D eigenvalue weighted by atomic mass is 19.1. The molecule has 0 spiro atoms. The highest BCUT2D eigenvalue weighted by Gasteiger charge is 2.35. The quantitative estimate of drug-likeness (QED) is 0.891. The van der Waals surface area contributed by atoms with Gasteiger partial charge in [-0.25, -0.2) is 9.37 Å². The molecule has 0 bridgehead atoms. The van der Waals surface area contributed by atoms with Crippen molar-refractivity contribution in [2.24, 2.45) is 5.41 Å². The molecule has 5 heteroatoms. The zero-order valence-electron chi connectivity index (χ0n) is 12.6. The number of imidazole rings is 1. The molecule has 22 heavy (non-hydrogen) atoms. The molecule has 1 fully saturated rings. The highest BCUT2D eigenvalue weighted by molar-refractivity contribution is 5.18. The molecule has 1 saturated heterocycles. The van der Waals surface area contributed by atoms with Crippen LogP contribution in [0.25, 0.3) is 0 Å². The number of nitrogens with zero attached hydrogens (tertiary/aromatic N) is 2. The van der Waals surface area contributed by atoms with Gasteiger partial charge in [0.05, 0.1) is 13.2 Å². The van der Waals surface area contributed by atoms with E-state index in [1.807, 2.05) is 18.3 Å². The van der Waals surface area contributed by atoms with Crippen LogP contribution in [0.5, 0.6) is 0 Å². The Morgan fingerprint density at radius 2 is 2.14 bits per heavy atom. The van der Waals surface area contributed by atoms with E-state index in [1.165, 1.54) is 12.1 Å². The zero-order valence-corrected chi connectivity index (χ0v) is 12.6. The molecule has 1 aromatic carbocycles. The van der Waals surface area contributed by atoms with Gasteiger partial charge in [-0.1, -0.05) is 12.1 Å². The van der Waals surface area contributed by atoms with E-state index in [0.29, 0.717) is 0 Å². The third-order valence-corrected chi connectivity index (χ3v) is 4.50. The summed E-state index contributed by atoms with van der Waals surface area (Å²) >= 11 is 0. The van der Waals surface area contributed by atoms with Crippen LogP contribution < -0.4 is 0 Å². The molecule has 0 radical (unpaired) electrons. The summed E-state index contributed by atoms with van der Waals surface area (Å²) in [5, 5.41) is 9.98. The molecule has 0 unspecified atom stereocenters. The minimum absolute atomic E-state index is 0.150. The molecule has 1 aliphatic rings. The SMILES string of the molecule is OC[C@@]1(Cc2ccc(F)cc2)CCCN(Cc2ncc[nH]2)C1. The molecule has 1 aliphatic heterocycles. The number of H-pyrrole nitrogens is 1. The molecular formula is C17H22FN3O. The molecule has 3 rings (SSSR count). The van der Waals surface area contributed by atoms with Crippen molar-refractivity contribution in [3.63, 3.8) is 0 Å². The number of aliphatic hydroxyl groups excluding tert-OH is 1. The lowest BCUT2D eigenvalue weighted by Crippen LogP contribution is -2.46. The van der Waals surface area contributed by atoms with Gasteiger partial charge in [0.2, 0.25) is 0 Å². The van der Waals surface area contributed by atoms with E-state index in [4.69, 9.17) is 0 Å². The number of hydrogen-bond acceptors (Lipinski definition) is 3. The molecule has 0 saturated carbocycles. The number of halogens is 1. The summed E-state index contributed by atoms with van der Waals surface area (Å²) in [6, 6.07) is 6.62. The first-order valence-electron chi connectivity index (χ1n) is 7.75. The Kier molecular flexibility index (Phi) is 4.55. The zero-order chi connectivity index (χ0) is 15.4. The van der Waals surface area contributed by atoms with Crippen molar-refractivity contribution in [2.75, 3.05) is 19.7 Å². The van der Waals surface area contributed by atoms with Gasteiger partial charge in [0, 0.05) is 24.4 Å². The number of benzene rings is 1. The molecule has 0 aliphatic carbocycles. The van der Waals surface area contributed by atoms with Crippen molar-refractivity contribution in [1.29, 1.82) is 0 Å². The second-order valence-electron chi connectivity index (χ2n) is 6.31. The number of likely N-dealkylation sites (tertiary alicyclic amines) is 1. The number of aromatic nitrogens is 2. The molecule has 2 aromatic rings. The van der Waals surface area contributed by atoms with Crippen LogP contribution in [0.15, 0.2) is 36.7 Å². The van der Waals surface area contributed by atoms with Gasteiger partial charge < -0.3 is 10.1 Å². The number of rotatable bonds is 5. The number of piperidine rings is 1. The van der Waals surface area contributed by atoms with Crippen LogP contribution >= 0.6 is 0 Å². The van der Waals surface area contributed by atoms with Gasteiger partial charge in [0.15, 0.2) is 0 Å². The normalized spacial score (nSPS) is 22.8. The summed E-state index contributed by atoms with van der Waals surface area (Å²) in [6.45, 7) is 2.78. The molecule has 1 atom stereocenters. The van der Waals surface area contributed by atoms with E-state index in [0.717, 1.165) is 50.3 Å². The van der Waals surface area contributed by atoms with Crippen LogP contribution in [-0.2, 0) is 13.0 Å². The molecule has 0 amide bonds. The van der Waals surface area contributed by atoms with E-state index in [1.54, 1.807) is 6.20 Å². The molecule has 118 valence electrons. The summed E-state index contributed by atoms with van der Waals surface area (Å²) in [5.41, 5.74) is 0.929. The molecule has 2 heterocycles. The Morgan fingerprint density at radius 3 is 2.82 bits per heavy atom. The predicted octanol–water partition coefficient (Wildman–Crippen LogP) is 2.37. The van der Waals surface area contributed by atoms with Gasteiger partial charge in [-0.05, 0) is 43.5 Å². The molecule has 4 nitrogen and oxygen atoms in total. The largest absolute Gasteiger partial charge is 0.396 e. The summed E-state index contributed by atoms with van der Waals surface area (Å²) in [7, 11) is 0. The average molecular weight is 303 g/mol. The number of aliphatic hydroxyl groups is 1. The van der Waals surface area contributed by atoms with Gasteiger partial charge in [-0.15, -0.1) is 0 Å². The first kappa shape index (κ1) is 15.2. The molecule has 2 N–H and O–H groups in total. The summed E-state index contributed by atoms with van der Waals surface area (Å²) < 4.78 is 13.0. The Balaban J connectivity index is 1.69. The summed E-state index contributed by atoms with van der Waals surface area (Å²) in [4.78, 5) is 9.74. The standard InChI is InChI=1S/C17H22FN3O/c18-15-4-2-14(3-5-15)10-17(13-22)6-1-9-21(12-17)11-16-19-7-8-20-16/h2-5,7-8,22H,1,6,9-13H2,(H,19,20)/t17-/m1/s1. The van der Waals surface area contributed by atoms with Crippen molar-refractivity contribution in [3.05, 3.63) is 53.9 Å². The summed E-state index contributed by atoms with van der Waals surface area (Å²) in [5.74, 6) is 0.736. The van der Waals surface area contributed by atoms with Crippen LogP contribution in [-0.4, -0.2) is 39.7 Å². The number of hydrogen-bond donors (Lipinski definition) is 2. The Hall–Kier alpha value is -1.72. The van der Waals surface area contributed by atoms with Crippen molar-refractivity contribution in [2.45, 2.75) is 25.8 Å². The fourth-order valence-electron chi connectivity index (χ4n) is 3.41. The minimum Gasteiger partial charge on any atom is -0.396 e. The van der Waals surface area contributed by atoms with Crippen LogP contribution in [0.4, 0.5) is 4.39 Å². The van der Waals surface area contributed by atoms with Gasteiger partial charge >= 0.3 is 0 Å². The van der Waals surface area contributed by atoms with E-state index in [2.05, 4.69) is 14.9 Å². The van der Waals surface area contributed by atoms with E-state index < -0.39 is 0 Å². The lowest BCUT2D eigenvalue weighted by Gasteiger charge is -2.41. The van der Waals surface area contributed by atoms with Crippen molar-refractivity contribution < 1.29 is 9.50 Å². The predicted molar refractivity (Wildman–Crippen MR) is 82.7 cm³/mol. The van der Waals surface area contributed by atoms with Crippen LogP contribution in [0, 0.1) is 11.2 Å². The molecule has 1 aromatic heterocycles. The highest BCUT2D eigenvalue weighted by Crippen LogP contribution is 2.33. The second kappa shape index (κ2) is 6.58. The van der Waals surface area contributed by atoms with Gasteiger partial charge in [-0.3, -0.25) is 4.90 Å². The fourth-order valence-corrected chi connectivity index (χ4v) is 3.41. The van der Waals surface area contributed by atoms with Gasteiger partial charge in [0.25, 0.3) is 0 Å². The van der Waals surface area contributed by atoms with E-state index in [-0.39, 0.29) is 17.8 Å². The van der Waals surface area contributed by atoms with Crippen molar-refractivity contribution in [1.82, 2.24) is 14.9 Å². The van der Waals surface area contributed by atoms with Crippen molar-refractivity contribution >= 4 is 0 Å². The molecular weight excluding hydrogens is 281 g/mol. The minimum atomic E-state index is -0.218. The van der Waals surface area contributed by atoms with E-state index in [9.17, 15) is 9.50 Å². The Bertz CT molecular complexity index is 584. The van der Waals surface area contributed by atoms with Gasteiger partial charge in [0.1, 0.15) is 11.6 Å². The maximum Gasteiger partial charge on any atom is 0.123 e. The second-order valence-corrected chi connectivity index (χ2v) is 6.31. The number of aromatic amines is 1. The topological polar surface area (TPSA) is 52.1 Å². The maximum absolute atomic E-state index is 13.0. The van der Waals surface area contributed by atoms with Crippen LogP contribution in [0.3, 0.4) is 0 Å². The third kappa shape index (κ3) is 3.54. The smallest absolute Gasteiger partial charge is 0.123 e. The Morgan fingerprint density at radius 1 is 1.32 bits per heavy atom. The average Bonchev–Trinajstić information content (AvgIpc) is 3.03. The third-order valence-electron chi connectivity index (χ3n) is 4.50. The van der Waals surface area contributed by atoms with Gasteiger partial charge in [-0.2, -0.15) is 0 Å². The number of nitrogens with one attached hydrogen (secondary N) is 1. The lowest BCUT2D eigenvalue weighted by molar-refractivity contribution is 0.0279. The van der Waals surface area contributed by atoms with Crippen LogP contribution in [0.1, 0.15) is 24.2 Å².